The molecule has 0 saturated heterocycles. The minimum absolute atomic E-state index is 0.147. The molecule has 1 aromatic carbocycles. The number of hydrogen-bond acceptors (Lipinski definition) is 4. The summed E-state index contributed by atoms with van der Waals surface area (Å²) in [6.07, 6.45) is 0. The quantitative estimate of drug-likeness (QED) is 0.831. The van der Waals surface area contributed by atoms with Crippen molar-refractivity contribution in [1.82, 2.24) is 10.2 Å². The summed E-state index contributed by atoms with van der Waals surface area (Å²) in [6.45, 7) is 3.31. The third-order valence-corrected chi connectivity index (χ3v) is 5.44. The lowest BCUT2D eigenvalue weighted by atomic mass is 10.2. The van der Waals surface area contributed by atoms with Crippen LogP contribution in [0.25, 0.3) is 0 Å². The first-order valence-corrected chi connectivity index (χ1v) is 8.01. The van der Waals surface area contributed by atoms with Gasteiger partial charge in [-0.3, -0.25) is 9.40 Å². The Morgan fingerprint density at radius 3 is 2.48 bits per heavy atom. The summed E-state index contributed by atoms with van der Waals surface area (Å²) in [6, 6.07) is 6.85. The number of sulfonamides is 1. The average molecular weight is 324 g/mol. The molecule has 0 spiro atoms. The van der Waals surface area contributed by atoms with Crippen LogP contribution in [-0.2, 0) is 10.0 Å². The molecule has 0 bridgehead atoms. The Kier molecular flexibility index (Phi) is 4.02. The summed E-state index contributed by atoms with van der Waals surface area (Å²) in [5.41, 5.74) is 7.53. The standard InChI is InChI=1S/C13H16N4O2S2/c1-8-12(9(2)16-15-8)21(18,19)17(3)11-7-5-4-6-10(11)13(14)20/h4-7H,1-3H3,(H2,14,20)(H,15,16). The highest BCUT2D eigenvalue weighted by Gasteiger charge is 2.28. The van der Waals surface area contributed by atoms with Gasteiger partial charge in [-0.1, -0.05) is 24.4 Å². The highest BCUT2D eigenvalue weighted by atomic mass is 32.2. The Hall–Kier alpha value is -1.93. The van der Waals surface area contributed by atoms with Gasteiger partial charge >= 0.3 is 0 Å². The molecule has 0 aliphatic carbocycles. The average Bonchev–Trinajstić information content (AvgIpc) is 2.77. The molecule has 2 aromatic rings. The van der Waals surface area contributed by atoms with Crippen molar-refractivity contribution in [3.8, 4) is 0 Å². The van der Waals surface area contributed by atoms with Crippen LogP contribution >= 0.6 is 12.2 Å². The number of anilines is 1. The molecule has 0 unspecified atom stereocenters. The molecule has 0 aliphatic heterocycles. The number of benzene rings is 1. The number of H-pyrrole nitrogens is 1. The molecule has 112 valence electrons. The van der Waals surface area contributed by atoms with Crippen molar-refractivity contribution in [1.29, 1.82) is 0 Å². The van der Waals surface area contributed by atoms with Gasteiger partial charge in [0.05, 0.1) is 17.1 Å². The zero-order chi connectivity index (χ0) is 15.8. The number of aryl methyl sites for hydroxylation is 2. The monoisotopic (exact) mass is 324 g/mol. The Bertz CT molecular complexity index is 777. The number of rotatable bonds is 4. The summed E-state index contributed by atoms with van der Waals surface area (Å²) in [5, 5.41) is 6.62. The summed E-state index contributed by atoms with van der Waals surface area (Å²) in [7, 11) is -2.27. The molecule has 0 radical (unpaired) electrons. The SMILES string of the molecule is Cc1n[nH]c(C)c1S(=O)(=O)N(C)c1ccccc1C(N)=S. The van der Waals surface area contributed by atoms with Crippen LogP contribution in [0.4, 0.5) is 5.69 Å². The highest BCUT2D eigenvalue weighted by Crippen LogP contribution is 2.28. The molecule has 8 heteroatoms. The van der Waals surface area contributed by atoms with Crippen LogP contribution < -0.4 is 10.0 Å². The van der Waals surface area contributed by atoms with E-state index in [-0.39, 0.29) is 9.88 Å². The van der Waals surface area contributed by atoms with Gasteiger partial charge in [-0.25, -0.2) is 8.42 Å². The zero-order valence-electron chi connectivity index (χ0n) is 11.9. The van der Waals surface area contributed by atoms with Gasteiger partial charge in [-0.05, 0) is 26.0 Å². The number of nitrogens with one attached hydrogen (secondary N) is 1. The summed E-state index contributed by atoms with van der Waals surface area (Å²) >= 11 is 4.98. The molecule has 0 amide bonds. The van der Waals surface area contributed by atoms with E-state index in [1.807, 2.05) is 0 Å². The number of aromatic nitrogens is 2. The first-order valence-electron chi connectivity index (χ1n) is 6.16. The number of hydrogen-bond donors (Lipinski definition) is 2. The molecule has 0 fully saturated rings. The molecule has 6 nitrogen and oxygen atoms in total. The third-order valence-electron chi connectivity index (χ3n) is 3.19. The smallest absolute Gasteiger partial charge is 0.267 e. The topological polar surface area (TPSA) is 92.1 Å². The minimum atomic E-state index is -3.74. The van der Waals surface area contributed by atoms with Crippen molar-refractivity contribution in [3.63, 3.8) is 0 Å². The lowest BCUT2D eigenvalue weighted by Gasteiger charge is -2.22. The summed E-state index contributed by atoms with van der Waals surface area (Å²) < 4.78 is 26.8. The normalized spacial score (nSPS) is 11.4. The first kappa shape index (κ1) is 15.5. The molecular weight excluding hydrogens is 308 g/mol. The maximum atomic E-state index is 12.8. The van der Waals surface area contributed by atoms with Crippen LogP contribution in [0.15, 0.2) is 29.2 Å². The van der Waals surface area contributed by atoms with Gasteiger partial charge in [0.25, 0.3) is 10.0 Å². The number of aromatic amines is 1. The number of nitrogens with two attached hydrogens (primary N) is 1. The van der Waals surface area contributed by atoms with Crippen LogP contribution in [0.5, 0.6) is 0 Å². The lowest BCUT2D eigenvalue weighted by Crippen LogP contribution is -2.29. The molecular formula is C13H16N4O2S2. The Balaban J connectivity index is 2.60. The Morgan fingerprint density at radius 2 is 1.95 bits per heavy atom. The molecule has 0 aliphatic rings. The van der Waals surface area contributed by atoms with Crippen molar-refractivity contribution < 1.29 is 8.42 Å². The Labute approximate surface area is 129 Å². The maximum absolute atomic E-state index is 12.8. The number of nitrogens with zero attached hydrogens (tertiary/aromatic N) is 2. The molecule has 1 heterocycles. The second-order valence-corrected chi connectivity index (χ2v) is 6.96. The van der Waals surface area contributed by atoms with Gasteiger partial charge in [-0.2, -0.15) is 5.10 Å². The van der Waals surface area contributed by atoms with Crippen LogP contribution in [0.1, 0.15) is 17.0 Å². The number of thiocarbonyl (C=S) groups is 1. The predicted molar refractivity (Wildman–Crippen MR) is 86.0 cm³/mol. The molecule has 2 rings (SSSR count). The van der Waals surface area contributed by atoms with E-state index in [1.54, 1.807) is 38.1 Å². The van der Waals surface area contributed by atoms with Crippen LogP contribution in [0.3, 0.4) is 0 Å². The van der Waals surface area contributed by atoms with Gasteiger partial charge in [-0.15, -0.1) is 0 Å². The highest BCUT2D eigenvalue weighted by molar-refractivity contribution is 7.93. The van der Waals surface area contributed by atoms with Gasteiger partial charge in [0, 0.05) is 12.6 Å². The van der Waals surface area contributed by atoms with Gasteiger partial charge in [0.1, 0.15) is 9.88 Å². The van der Waals surface area contributed by atoms with E-state index in [4.69, 9.17) is 18.0 Å². The van der Waals surface area contributed by atoms with E-state index < -0.39 is 10.0 Å². The summed E-state index contributed by atoms with van der Waals surface area (Å²) in [4.78, 5) is 0.316. The van der Waals surface area contributed by atoms with Crippen molar-refractivity contribution in [2.24, 2.45) is 5.73 Å². The fourth-order valence-corrected chi connectivity index (χ4v) is 3.86. The first-order chi connectivity index (χ1) is 9.76. The fourth-order valence-electron chi connectivity index (χ4n) is 2.14. The van der Waals surface area contributed by atoms with Crippen molar-refractivity contribution in [2.45, 2.75) is 18.7 Å². The fraction of sp³-hybridized carbons (Fsp3) is 0.231. The third kappa shape index (κ3) is 2.64. The van der Waals surface area contributed by atoms with Crippen LogP contribution in [-0.4, -0.2) is 30.7 Å². The summed E-state index contributed by atoms with van der Waals surface area (Å²) in [5.74, 6) is 0. The van der Waals surface area contributed by atoms with E-state index >= 15 is 0 Å². The zero-order valence-corrected chi connectivity index (χ0v) is 13.5. The lowest BCUT2D eigenvalue weighted by molar-refractivity contribution is 0.593. The molecule has 3 N–H and O–H groups in total. The van der Waals surface area contributed by atoms with E-state index in [0.29, 0.717) is 22.6 Å². The minimum Gasteiger partial charge on any atom is -0.389 e. The second kappa shape index (κ2) is 5.45. The molecule has 0 saturated carbocycles. The largest absolute Gasteiger partial charge is 0.389 e. The molecule has 1 aromatic heterocycles. The predicted octanol–water partition coefficient (Wildman–Crippen LogP) is 1.49. The van der Waals surface area contributed by atoms with Crippen molar-refractivity contribution >= 4 is 32.9 Å². The van der Waals surface area contributed by atoms with Crippen molar-refractivity contribution in [2.75, 3.05) is 11.4 Å². The van der Waals surface area contributed by atoms with E-state index in [2.05, 4.69) is 10.2 Å². The Morgan fingerprint density at radius 1 is 1.33 bits per heavy atom. The van der Waals surface area contributed by atoms with E-state index in [1.165, 1.54) is 11.4 Å². The van der Waals surface area contributed by atoms with Gasteiger partial charge in [0.15, 0.2) is 0 Å². The molecule has 21 heavy (non-hydrogen) atoms. The molecule has 0 atom stereocenters. The van der Waals surface area contributed by atoms with Crippen molar-refractivity contribution in [3.05, 3.63) is 41.2 Å². The van der Waals surface area contributed by atoms with Crippen LogP contribution in [0.2, 0.25) is 0 Å². The van der Waals surface area contributed by atoms with Gasteiger partial charge < -0.3 is 5.73 Å². The second-order valence-electron chi connectivity index (χ2n) is 4.62. The number of para-hydroxylation sites is 1. The van der Waals surface area contributed by atoms with Gasteiger partial charge in [0.2, 0.25) is 0 Å². The van der Waals surface area contributed by atoms with Crippen LogP contribution in [0, 0.1) is 13.8 Å². The van der Waals surface area contributed by atoms with E-state index in [9.17, 15) is 8.42 Å². The maximum Gasteiger partial charge on any atom is 0.267 e. The van der Waals surface area contributed by atoms with E-state index in [0.717, 1.165) is 0 Å².